The number of nitrogens with zero attached hydrogens (tertiary/aromatic N) is 2. The molecule has 0 saturated heterocycles. The van der Waals surface area contributed by atoms with Crippen molar-refractivity contribution in [2.24, 2.45) is 5.92 Å². The third-order valence-electron chi connectivity index (χ3n) is 4.14. The van der Waals surface area contributed by atoms with Crippen LogP contribution < -0.4 is 5.32 Å². The van der Waals surface area contributed by atoms with Crippen LogP contribution in [0.3, 0.4) is 0 Å². The molecule has 3 rings (SSSR count). The van der Waals surface area contributed by atoms with Gasteiger partial charge in [-0.3, -0.25) is 10.1 Å². The second-order valence-electron chi connectivity index (χ2n) is 5.59. The summed E-state index contributed by atoms with van der Waals surface area (Å²) in [5, 5.41) is 25.3. The molecule has 0 unspecified atom stereocenters. The highest BCUT2D eigenvalue weighted by molar-refractivity contribution is 6.29. The number of hydrogen-bond acceptors (Lipinski definition) is 5. The first-order valence-electron chi connectivity index (χ1n) is 7.21. The summed E-state index contributed by atoms with van der Waals surface area (Å²) < 4.78 is 0. The molecule has 0 radical (unpaired) electrons. The van der Waals surface area contributed by atoms with E-state index in [1.807, 2.05) is 0 Å². The number of halogens is 1. The number of nitrogens with one attached hydrogen (secondary N) is 1. The maximum Gasteiger partial charge on any atom is 0.294 e. The Kier molecular flexibility index (Phi) is 4.13. The summed E-state index contributed by atoms with van der Waals surface area (Å²) >= 11 is 5.83. The SMILES string of the molecule is O=[N+]([O-])c1cc2nc(Cl)ccc2cc1NC[C@@H]1CCC[C@@H]1O. The highest BCUT2D eigenvalue weighted by Gasteiger charge is 2.26. The lowest BCUT2D eigenvalue weighted by Gasteiger charge is -2.16. The fourth-order valence-corrected chi connectivity index (χ4v) is 3.08. The molecule has 1 fully saturated rings. The zero-order valence-electron chi connectivity index (χ0n) is 11.8. The van der Waals surface area contributed by atoms with Crippen LogP contribution in [-0.2, 0) is 0 Å². The van der Waals surface area contributed by atoms with Crippen molar-refractivity contribution in [1.29, 1.82) is 0 Å². The predicted molar refractivity (Wildman–Crippen MR) is 85.2 cm³/mol. The van der Waals surface area contributed by atoms with E-state index in [4.69, 9.17) is 11.6 Å². The molecule has 1 heterocycles. The molecule has 0 amide bonds. The molecule has 2 atom stereocenters. The molecule has 1 aliphatic rings. The fraction of sp³-hybridized carbons (Fsp3) is 0.400. The Morgan fingerprint density at radius 2 is 2.23 bits per heavy atom. The molecule has 7 heteroatoms. The van der Waals surface area contributed by atoms with Gasteiger partial charge in [0, 0.05) is 23.9 Å². The predicted octanol–water partition coefficient (Wildman–Crippen LogP) is 3.37. The van der Waals surface area contributed by atoms with E-state index < -0.39 is 4.92 Å². The number of nitro benzene ring substituents is 1. The van der Waals surface area contributed by atoms with Gasteiger partial charge in [-0.25, -0.2) is 4.98 Å². The van der Waals surface area contributed by atoms with E-state index in [0.717, 1.165) is 24.6 Å². The first-order valence-corrected chi connectivity index (χ1v) is 7.59. The Labute approximate surface area is 132 Å². The lowest BCUT2D eigenvalue weighted by Crippen LogP contribution is -2.22. The number of hydrogen-bond donors (Lipinski definition) is 2. The second kappa shape index (κ2) is 6.06. The van der Waals surface area contributed by atoms with Crippen molar-refractivity contribution in [3.05, 3.63) is 39.5 Å². The van der Waals surface area contributed by atoms with Crippen molar-refractivity contribution >= 4 is 33.9 Å². The molecule has 116 valence electrons. The number of aromatic nitrogens is 1. The van der Waals surface area contributed by atoms with Gasteiger partial charge in [0.15, 0.2) is 0 Å². The van der Waals surface area contributed by atoms with Crippen molar-refractivity contribution in [1.82, 2.24) is 4.98 Å². The van der Waals surface area contributed by atoms with Crippen molar-refractivity contribution in [2.75, 3.05) is 11.9 Å². The normalized spacial score (nSPS) is 21.2. The summed E-state index contributed by atoms with van der Waals surface area (Å²) in [5.41, 5.74) is 0.904. The standard InChI is InChI=1S/C15H16ClN3O3/c16-15-5-4-9-6-12(13(19(21)22)7-11(9)18-15)17-8-10-2-1-3-14(10)20/h4-7,10,14,17,20H,1-3,8H2/t10-,14-/m0/s1. The summed E-state index contributed by atoms with van der Waals surface area (Å²) in [6.07, 6.45) is 2.41. The van der Waals surface area contributed by atoms with E-state index in [9.17, 15) is 15.2 Å². The van der Waals surface area contributed by atoms with Crippen LogP contribution in [0.2, 0.25) is 5.15 Å². The van der Waals surface area contributed by atoms with Crippen LogP contribution in [0.1, 0.15) is 19.3 Å². The number of fused-ring (bicyclic) bond motifs is 1. The van der Waals surface area contributed by atoms with E-state index in [0.29, 0.717) is 22.9 Å². The monoisotopic (exact) mass is 321 g/mol. The van der Waals surface area contributed by atoms with Gasteiger partial charge in [-0.2, -0.15) is 0 Å². The van der Waals surface area contributed by atoms with Gasteiger partial charge in [0.1, 0.15) is 10.8 Å². The van der Waals surface area contributed by atoms with Crippen LogP contribution in [0.15, 0.2) is 24.3 Å². The minimum absolute atomic E-state index is 0.0326. The quantitative estimate of drug-likeness (QED) is 0.512. The maximum atomic E-state index is 11.3. The molecule has 1 saturated carbocycles. The van der Waals surface area contributed by atoms with Gasteiger partial charge >= 0.3 is 0 Å². The smallest absolute Gasteiger partial charge is 0.294 e. The summed E-state index contributed by atoms with van der Waals surface area (Å²) in [4.78, 5) is 14.9. The highest BCUT2D eigenvalue weighted by Crippen LogP contribution is 2.32. The number of nitro groups is 1. The molecule has 0 bridgehead atoms. The van der Waals surface area contributed by atoms with Crippen LogP contribution in [0, 0.1) is 16.0 Å². The highest BCUT2D eigenvalue weighted by atomic mass is 35.5. The molecule has 0 aliphatic heterocycles. The first kappa shape index (κ1) is 15.0. The minimum atomic E-state index is -0.435. The largest absolute Gasteiger partial charge is 0.393 e. The Balaban J connectivity index is 1.91. The molecule has 6 nitrogen and oxygen atoms in total. The van der Waals surface area contributed by atoms with E-state index in [-0.39, 0.29) is 17.7 Å². The van der Waals surface area contributed by atoms with Crippen LogP contribution in [0.5, 0.6) is 0 Å². The summed E-state index contributed by atoms with van der Waals surface area (Å²) in [7, 11) is 0. The van der Waals surface area contributed by atoms with Gasteiger partial charge < -0.3 is 10.4 Å². The zero-order chi connectivity index (χ0) is 15.7. The third-order valence-corrected chi connectivity index (χ3v) is 4.35. The van der Waals surface area contributed by atoms with Gasteiger partial charge in [0.2, 0.25) is 0 Å². The number of aliphatic hydroxyl groups excluding tert-OH is 1. The van der Waals surface area contributed by atoms with Gasteiger partial charge in [-0.1, -0.05) is 18.0 Å². The molecular weight excluding hydrogens is 306 g/mol. The zero-order valence-corrected chi connectivity index (χ0v) is 12.6. The number of aliphatic hydroxyl groups is 1. The van der Waals surface area contributed by atoms with Crippen molar-refractivity contribution in [3.8, 4) is 0 Å². The molecule has 0 spiro atoms. The Hall–Kier alpha value is -1.92. The summed E-state index contributed by atoms with van der Waals surface area (Å²) in [5.74, 6) is 0.138. The Morgan fingerprint density at radius 3 is 2.91 bits per heavy atom. The minimum Gasteiger partial charge on any atom is -0.393 e. The molecule has 22 heavy (non-hydrogen) atoms. The first-order chi connectivity index (χ1) is 10.5. The Morgan fingerprint density at radius 1 is 1.41 bits per heavy atom. The lowest BCUT2D eigenvalue weighted by molar-refractivity contribution is -0.383. The maximum absolute atomic E-state index is 11.3. The lowest BCUT2D eigenvalue weighted by atomic mass is 10.1. The van der Waals surface area contributed by atoms with E-state index in [1.54, 1.807) is 18.2 Å². The summed E-state index contributed by atoms with van der Waals surface area (Å²) in [6.45, 7) is 0.522. The van der Waals surface area contributed by atoms with Crippen LogP contribution in [0.4, 0.5) is 11.4 Å². The van der Waals surface area contributed by atoms with Crippen LogP contribution >= 0.6 is 11.6 Å². The third kappa shape index (κ3) is 2.98. The van der Waals surface area contributed by atoms with Gasteiger partial charge in [-0.15, -0.1) is 0 Å². The number of rotatable bonds is 4. The van der Waals surface area contributed by atoms with Crippen LogP contribution in [0.25, 0.3) is 10.9 Å². The summed E-state index contributed by atoms with van der Waals surface area (Å²) in [6, 6.07) is 6.57. The molecule has 1 aliphatic carbocycles. The fourth-order valence-electron chi connectivity index (χ4n) is 2.92. The van der Waals surface area contributed by atoms with Gasteiger partial charge in [0.25, 0.3) is 5.69 Å². The second-order valence-corrected chi connectivity index (χ2v) is 5.98. The molecule has 2 N–H and O–H groups in total. The van der Waals surface area contributed by atoms with E-state index in [1.165, 1.54) is 6.07 Å². The molecule has 2 aromatic rings. The topological polar surface area (TPSA) is 88.3 Å². The van der Waals surface area contributed by atoms with Crippen molar-refractivity contribution in [2.45, 2.75) is 25.4 Å². The number of pyridine rings is 1. The molecule has 1 aromatic heterocycles. The van der Waals surface area contributed by atoms with E-state index in [2.05, 4.69) is 10.3 Å². The average Bonchev–Trinajstić information content (AvgIpc) is 2.89. The van der Waals surface area contributed by atoms with E-state index >= 15 is 0 Å². The Bertz CT molecular complexity index is 722. The van der Waals surface area contributed by atoms with Crippen molar-refractivity contribution < 1.29 is 10.0 Å². The number of anilines is 1. The van der Waals surface area contributed by atoms with Crippen LogP contribution in [-0.4, -0.2) is 27.7 Å². The van der Waals surface area contributed by atoms with Gasteiger partial charge in [0.05, 0.1) is 16.5 Å². The molecular formula is C15H16ClN3O3. The number of benzene rings is 1. The van der Waals surface area contributed by atoms with Gasteiger partial charge in [-0.05, 0) is 31.0 Å². The molecule has 1 aromatic carbocycles. The van der Waals surface area contributed by atoms with Crippen molar-refractivity contribution in [3.63, 3.8) is 0 Å². The average molecular weight is 322 g/mol.